The van der Waals surface area contributed by atoms with Gasteiger partial charge >= 0.3 is 5.97 Å². The molecule has 14 heteroatoms. The summed E-state index contributed by atoms with van der Waals surface area (Å²) in [6, 6.07) is 3.09. The lowest BCUT2D eigenvalue weighted by molar-refractivity contribution is -0.290. The van der Waals surface area contributed by atoms with E-state index < -0.39 is 59.7 Å². The lowest BCUT2D eigenvalue weighted by Crippen LogP contribution is -2.62. The van der Waals surface area contributed by atoms with Crippen LogP contribution in [0.2, 0.25) is 0 Å². The number of pyridine rings is 1. The highest BCUT2D eigenvalue weighted by Gasteiger charge is 2.52. The summed E-state index contributed by atoms with van der Waals surface area (Å²) in [5, 5.41) is 14.4. The van der Waals surface area contributed by atoms with Gasteiger partial charge in [-0.05, 0) is 97.2 Å². The molecule has 0 bridgehead atoms. The van der Waals surface area contributed by atoms with Crippen LogP contribution in [-0.2, 0) is 44.6 Å². The van der Waals surface area contributed by atoms with Gasteiger partial charge in [0, 0.05) is 63.4 Å². The molecule has 2 aliphatic heterocycles. The SMILES string of the molecule is CC[C@H]1OC(=O)[C@H](C)C(=O)[C@H](C)[C@@H](O[C@@H]2O[C@H](C)C[C@H](NC)[C@H]2O)[C@](C)(OC)C[C@@H](C)C[C@H](C)C(N(C=O)CCCCn2cnc(-c3cccnc3)c2)[C@]1(C)OC. The van der Waals surface area contributed by atoms with Crippen LogP contribution < -0.4 is 5.32 Å². The quantitative estimate of drug-likeness (QED) is 0.113. The molecule has 2 saturated heterocycles. The minimum atomic E-state index is -1.15. The summed E-state index contributed by atoms with van der Waals surface area (Å²) in [5.41, 5.74) is -0.360. The third-order valence-corrected chi connectivity index (χ3v) is 12.6. The van der Waals surface area contributed by atoms with Crippen LogP contribution >= 0.6 is 0 Å². The molecule has 1 amide bonds. The number of ketones is 1. The van der Waals surface area contributed by atoms with Gasteiger partial charge in [0.05, 0.1) is 35.9 Å². The number of esters is 1. The van der Waals surface area contributed by atoms with E-state index in [9.17, 15) is 19.5 Å². The van der Waals surface area contributed by atoms with Crippen molar-refractivity contribution in [3.05, 3.63) is 37.1 Å². The molecule has 2 N–H and O–H groups in total. The van der Waals surface area contributed by atoms with Gasteiger partial charge in [-0.3, -0.25) is 19.4 Å². The maximum atomic E-state index is 14.3. The van der Waals surface area contributed by atoms with Crippen LogP contribution in [0.25, 0.3) is 11.3 Å². The molecule has 4 heterocycles. The van der Waals surface area contributed by atoms with Crippen molar-refractivity contribution in [2.24, 2.45) is 23.7 Å². The highest BCUT2D eigenvalue weighted by Crippen LogP contribution is 2.40. The Kier molecular flexibility index (Phi) is 16.8. The van der Waals surface area contributed by atoms with Gasteiger partial charge in [0.15, 0.2) is 12.1 Å². The number of hydrogen-bond acceptors (Lipinski definition) is 12. The van der Waals surface area contributed by atoms with Crippen molar-refractivity contribution in [2.45, 2.75) is 154 Å². The molecule has 1 unspecified atom stereocenters. The Bertz CT molecular complexity index is 1580. The fourth-order valence-electron chi connectivity index (χ4n) is 9.41. The number of nitrogens with zero attached hydrogens (tertiary/aromatic N) is 4. The Morgan fingerprint density at radius 1 is 1.11 bits per heavy atom. The van der Waals surface area contributed by atoms with Gasteiger partial charge in [-0.2, -0.15) is 0 Å². The summed E-state index contributed by atoms with van der Waals surface area (Å²) in [6.07, 6.45) is 7.91. The summed E-state index contributed by atoms with van der Waals surface area (Å²) in [6.45, 7) is 16.3. The minimum absolute atomic E-state index is 0.00915. The Labute approximate surface area is 339 Å². The van der Waals surface area contributed by atoms with Gasteiger partial charge in [-0.15, -0.1) is 0 Å². The van der Waals surface area contributed by atoms with E-state index in [1.807, 2.05) is 56.9 Å². The third kappa shape index (κ3) is 10.9. The predicted molar refractivity (Wildman–Crippen MR) is 216 cm³/mol. The second-order valence-corrected chi connectivity index (χ2v) is 16.9. The number of cyclic esters (lactones) is 1. The van der Waals surface area contributed by atoms with Crippen molar-refractivity contribution in [3.8, 4) is 11.3 Å². The molecule has 0 saturated carbocycles. The van der Waals surface area contributed by atoms with Crippen LogP contribution in [0.4, 0.5) is 0 Å². The fraction of sp³-hybridized carbons (Fsp3) is 0.744. The molecule has 0 spiro atoms. The maximum Gasteiger partial charge on any atom is 0.316 e. The molecule has 14 nitrogen and oxygen atoms in total. The molecule has 0 aromatic carbocycles. The van der Waals surface area contributed by atoms with Crippen molar-refractivity contribution < 1.29 is 43.2 Å². The number of Topliss-reactive ketones (excluding diaryl/α,β-unsaturated/α-hetero) is 1. The molecule has 13 atom stereocenters. The number of hydrogen-bond donors (Lipinski definition) is 2. The number of carbonyl (C=O) groups excluding carboxylic acids is 3. The highest BCUT2D eigenvalue weighted by molar-refractivity contribution is 6.00. The second-order valence-electron chi connectivity index (χ2n) is 16.9. The monoisotopic (exact) mass is 800 g/mol. The lowest BCUT2D eigenvalue weighted by atomic mass is 9.73. The van der Waals surface area contributed by atoms with Crippen LogP contribution in [0.1, 0.15) is 93.9 Å². The van der Waals surface area contributed by atoms with Crippen molar-refractivity contribution in [3.63, 3.8) is 0 Å². The van der Waals surface area contributed by atoms with Crippen molar-refractivity contribution in [2.75, 3.05) is 27.8 Å². The second kappa shape index (κ2) is 20.6. The third-order valence-electron chi connectivity index (χ3n) is 12.6. The standard InChI is InChI=1S/C43H69N5O9/c1-12-35-43(8,54-11)38(48(26-49)19-14-13-18-47-24-34(46-25-47)32-16-15-17-45-23-32)28(3)20-27(2)22-42(7,53-10)39(30(5)36(50)31(6)40(52)56-35)57-41-37(51)33(44-9)21-29(4)55-41/h15-17,23-31,33,35,37-39,41,44,51H,12-14,18-22H2,1-11H3/t27-,28-,29+,30-,31+,33-,35+,37+,38?,39+,41-,42+,43+/m0/s1. The summed E-state index contributed by atoms with van der Waals surface area (Å²) in [4.78, 5) is 52.0. The zero-order valence-corrected chi connectivity index (χ0v) is 36.1. The van der Waals surface area contributed by atoms with Gasteiger partial charge in [0.1, 0.15) is 23.7 Å². The average Bonchev–Trinajstić information content (AvgIpc) is 3.68. The zero-order chi connectivity index (χ0) is 42.1. The number of aliphatic hydroxyl groups excluding tert-OH is 1. The summed E-state index contributed by atoms with van der Waals surface area (Å²) in [7, 11) is 4.97. The Morgan fingerprint density at radius 3 is 2.46 bits per heavy atom. The van der Waals surface area contributed by atoms with E-state index in [0.29, 0.717) is 45.2 Å². The molecule has 2 aromatic rings. The number of rotatable bonds is 14. The van der Waals surface area contributed by atoms with Gasteiger partial charge < -0.3 is 43.6 Å². The van der Waals surface area contributed by atoms with E-state index in [0.717, 1.165) is 24.1 Å². The Balaban J connectivity index is 1.64. The number of likely N-dealkylation sites (N-methyl/N-ethyl adjacent to an activating group) is 1. The Hall–Kier alpha value is -3.27. The number of aliphatic hydroxyl groups is 1. The van der Waals surface area contributed by atoms with E-state index in [-0.39, 0.29) is 29.8 Å². The molecule has 2 aromatic heterocycles. The summed E-state index contributed by atoms with van der Waals surface area (Å²) < 4.78 is 33.6. The van der Waals surface area contributed by atoms with Crippen molar-refractivity contribution >= 4 is 18.2 Å². The van der Waals surface area contributed by atoms with Gasteiger partial charge in [-0.1, -0.05) is 27.7 Å². The molecule has 0 aliphatic carbocycles. The molecule has 4 rings (SSSR count). The number of nitrogens with one attached hydrogen (secondary N) is 1. The topological polar surface area (TPSA) is 164 Å². The molecule has 2 aliphatic rings. The number of ether oxygens (including phenoxy) is 5. The van der Waals surface area contributed by atoms with Crippen LogP contribution in [0, 0.1) is 23.7 Å². The molecular weight excluding hydrogens is 730 g/mol. The molecular formula is C43H69N5O9. The normalized spacial score (nSPS) is 36.0. The van der Waals surface area contributed by atoms with Crippen LogP contribution in [0.15, 0.2) is 37.1 Å². The lowest BCUT2D eigenvalue weighted by Gasteiger charge is -2.49. The average molecular weight is 800 g/mol. The smallest absolute Gasteiger partial charge is 0.316 e. The van der Waals surface area contributed by atoms with Crippen LogP contribution in [0.5, 0.6) is 0 Å². The van der Waals surface area contributed by atoms with Crippen molar-refractivity contribution in [1.29, 1.82) is 0 Å². The van der Waals surface area contributed by atoms with E-state index in [4.69, 9.17) is 23.7 Å². The molecule has 320 valence electrons. The van der Waals surface area contributed by atoms with E-state index in [1.54, 1.807) is 52.4 Å². The van der Waals surface area contributed by atoms with E-state index in [2.05, 4.69) is 29.1 Å². The van der Waals surface area contributed by atoms with Crippen LogP contribution in [0.3, 0.4) is 0 Å². The first-order valence-electron chi connectivity index (χ1n) is 20.7. The predicted octanol–water partition coefficient (Wildman–Crippen LogP) is 5.06. The van der Waals surface area contributed by atoms with E-state index >= 15 is 0 Å². The van der Waals surface area contributed by atoms with Gasteiger partial charge in [-0.25, -0.2) is 4.98 Å². The first-order valence-corrected chi connectivity index (χ1v) is 20.7. The highest BCUT2D eigenvalue weighted by atomic mass is 16.7. The number of methoxy groups -OCH3 is 2. The first-order chi connectivity index (χ1) is 27.1. The number of aryl methyl sites for hydroxylation is 1. The molecule has 0 radical (unpaired) electrons. The summed E-state index contributed by atoms with van der Waals surface area (Å²) >= 11 is 0. The number of unbranched alkanes of at least 4 members (excludes halogenated alkanes) is 1. The van der Waals surface area contributed by atoms with Crippen LogP contribution in [-0.4, -0.2) is 125 Å². The van der Waals surface area contributed by atoms with Gasteiger partial charge in [0.25, 0.3) is 0 Å². The number of imidazole rings is 1. The van der Waals surface area contributed by atoms with Crippen molar-refractivity contribution in [1.82, 2.24) is 24.8 Å². The Morgan fingerprint density at radius 2 is 1.84 bits per heavy atom. The molecule has 57 heavy (non-hydrogen) atoms. The zero-order valence-electron chi connectivity index (χ0n) is 36.1. The van der Waals surface area contributed by atoms with Gasteiger partial charge in [0.2, 0.25) is 6.41 Å². The summed E-state index contributed by atoms with van der Waals surface area (Å²) in [5.74, 6) is -3.15. The number of aromatic nitrogens is 3. The maximum absolute atomic E-state index is 14.3. The number of amides is 1. The van der Waals surface area contributed by atoms with E-state index in [1.165, 1.54) is 0 Å². The first kappa shape index (κ1) is 46.4. The fourth-order valence-corrected chi connectivity index (χ4v) is 9.41. The molecule has 2 fully saturated rings. The minimum Gasteiger partial charge on any atom is -0.459 e. The largest absolute Gasteiger partial charge is 0.459 e. The number of carbonyl (C=O) groups is 3.